The van der Waals surface area contributed by atoms with Crippen molar-refractivity contribution in [2.24, 2.45) is 0 Å². The normalized spacial score (nSPS) is 11.2. The minimum Gasteiger partial charge on any atom is -0.381 e. The van der Waals surface area contributed by atoms with E-state index in [1.165, 1.54) is 10.9 Å². The molecule has 0 fully saturated rings. The number of hydrogen-bond donors (Lipinski definition) is 4. The third-order valence-corrected chi connectivity index (χ3v) is 3.63. The third kappa shape index (κ3) is 2.18. The predicted octanol–water partition coefficient (Wildman–Crippen LogP) is 2.95. The second-order valence-electron chi connectivity index (χ2n) is 5.09. The summed E-state index contributed by atoms with van der Waals surface area (Å²) in [6.45, 7) is 0.737. The highest BCUT2D eigenvalue weighted by atomic mass is 16.1. The van der Waals surface area contributed by atoms with Crippen LogP contribution in [-0.2, 0) is 6.54 Å². The number of aromatic nitrogens is 3. The lowest BCUT2D eigenvalue weighted by Crippen LogP contribution is -1.99. The van der Waals surface area contributed by atoms with Gasteiger partial charge in [-0.3, -0.25) is 0 Å². The Bertz CT molecular complexity index is 976. The Kier molecular flexibility index (Phi) is 2.57. The molecule has 2 aromatic heterocycles. The summed E-state index contributed by atoms with van der Waals surface area (Å²) in [6, 6.07) is 14.2. The van der Waals surface area contributed by atoms with Crippen molar-refractivity contribution in [3.05, 3.63) is 64.7 Å². The van der Waals surface area contributed by atoms with E-state index >= 15 is 0 Å². The first-order valence-corrected chi connectivity index (χ1v) is 6.80. The van der Waals surface area contributed by atoms with Gasteiger partial charge in [0.2, 0.25) is 0 Å². The fraction of sp³-hybridized carbons (Fsp3) is 0.0625. The largest absolute Gasteiger partial charge is 0.381 e. The summed E-state index contributed by atoms with van der Waals surface area (Å²) in [5.41, 5.74) is 4.78. The molecule has 0 aliphatic carbocycles. The summed E-state index contributed by atoms with van der Waals surface area (Å²) in [5, 5.41) is 4.58. The first-order chi connectivity index (χ1) is 10.3. The van der Waals surface area contributed by atoms with Crippen molar-refractivity contribution in [3.63, 3.8) is 0 Å². The van der Waals surface area contributed by atoms with E-state index in [4.69, 9.17) is 0 Å². The predicted molar refractivity (Wildman–Crippen MR) is 84.5 cm³/mol. The lowest BCUT2D eigenvalue weighted by atomic mass is 10.1. The second kappa shape index (κ2) is 4.56. The van der Waals surface area contributed by atoms with Crippen molar-refractivity contribution in [1.29, 1.82) is 0 Å². The van der Waals surface area contributed by atoms with Gasteiger partial charge in [-0.25, -0.2) is 4.79 Å². The molecule has 5 nitrogen and oxygen atoms in total. The SMILES string of the molecule is O=c1[nH]c2ccc(NCc3ccc4[nH]ccc4c3)cc2[nH]1. The molecule has 4 aromatic rings. The Hall–Kier alpha value is -2.95. The number of H-pyrrole nitrogens is 3. The molecule has 4 rings (SSSR count). The molecule has 0 radical (unpaired) electrons. The van der Waals surface area contributed by atoms with Crippen molar-refractivity contribution in [2.75, 3.05) is 5.32 Å². The molecule has 4 N–H and O–H groups in total. The minimum atomic E-state index is -0.181. The van der Waals surface area contributed by atoms with E-state index in [0.717, 1.165) is 28.8 Å². The third-order valence-electron chi connectivity index (χ3n) is 3.63. The van der Waals surface area contributed by atoms with Crippen LogP contribution in [0.25, 0.3) is 21.9 Å². The van der Waals surface area contributed by atoms with Crippen LogP contribution in [0.4, 0.5) is 5.69 Å². The van der Waals surface area contributed by atoms with E-state index in [9.17, 15) is 4.79 Å². The highest BCUT2D eigenvalue weighted by Crippen LogP contribution is 2.18. The lowest BCUT2D eigenvalue weighted by molar-refractivity contribution is 1.16. The molecular weight excluding hydrogens is 264 g/mol. The van der Waals surface area contributed by atoms with Crippen molar-refractivity contribution in [3.8, 4) is 0 Å². The average molecular weight is 278 g/mol. The number of nitrogens with one attached hydrogen (secondary N) is 4. The molecule has 0 atom stereocenters. The number of aromatic amines is 3. The zero-order valence-corrected chi connectivity index (χ0v) is 11.2. The maximum absolute atomic E-state index is 11.2. The molecule has 2 heterocycles. The van der Waals surface area contributed by atoms with Gasteiger partial charge in [-0.05, 0) is 47.3 Å². The molecule has 0 saturated heterocycles. The molecule has 0 aliphatic heterocycles. The Morgan fingerprint density at radius 2 is 1.76 bits per heavy atom. The molecule has 104 valence electrons. The van der Waals surface area contributed by atoms with Crippen LogP contribution in [-0.4, -0.2) is 15.0 Å². The summed E-state index contributed by atoms with van der Waals surface area (Å²) < 4.78 is 0. The second-order valence-corrected chi connectivity index (χ2v) is 5.09. The molecule has 2 aromatic carbocycles. The van der Waals surface area contributed by atoms with Crippen molar-refractivity contribution >= 4 is 27.6 Å². The zero-order chi connectivity index (χ0) is 14.2. The fourth-order valence-corrected chi connectivity index (χ4v) is 2.56. The van der Waals surface area contributed by atoms with Crippen LogP contribution >= 0.6 is 0 Å². The monoisotopic (exact) mass is 278 g/mol. The van der Waals surface area contributed by atoms with Crippen molar-refractivity contribution in [1.82, 2.24) is 15.0 Å². The molecule has 0 saturated carbocycles. The molecule has 0 amide bonds. The quantitative estimate of drug-likeness (QED) is 0.465. The van der Waals surface area contributed by atoms with Crippen molar-refractivity contribution < 1.29 is 0 Å². The first kappa shape index (κ1) is 11.8. The summed E-state index contributed by atoms with van der Waals surface area (Å²) >= 11 is 0. The summed E-state index contributed by atoms with van der Waals surface area (Å²) in [4.78, 5) is 19.9. The van der Waals surface area contributed by atoms with Gasteiger partial charge in [0.15, 0.2) is 0 Å². The van der Waals surface area contributed by atoms with E-state index in [0.29, 0.717) is 0 Å². The molecule has 0 bridgehead atoms. The highest BCUT2D eigenvalue weighted by Gasteiger charge is 2.01. The Labute approximate surface area is 120 Å². The highest BCUT2D eigenvalue weighted by molar-refractivity contribution is 5.80. The smallest absolute Gasteiger partial charge is 0.323 e. The van der Waals surface area contributed by atoms with Crippen LogP contribution in [0.3, 0.4) is 0 Å². The Balaban J connectivity index is 1.57. The van der Waals surface area contributed by atoms with Gasteiger partial charge in [-0.2, -0.15) is 0 Å². The van der Waals surface area contributed by atoms with Gasteiger partial charge in [0.1, 0.15) is 0 Å². The molecular formula is C16H14N4O. The zero-order valence-electron chi connectivity index (χ0n) is 11.2. The number of rotatable bonds is 3. The van der Waals surface area contributed by atoms with Gasteiger partial charge in [0.25, 0.3) is 0 Å². The van der Waals surface area contributed by atoms with Gasteiger partial charge in [0.05, 0.1) is 11.0 Å². The Morgan fingerprint density at radius 1 is 0.905 bits per heavy atom. The van der Waals surface area contributed by atoms with Crippen LogP contribution in [0, 0.1) is 0 Å². The standard InChI is InChI=1S/C16H14N4O/c21-16-19-14-4-2-12(8-15(14)20-16)18-9-10-1-3-13-11(7-10)5-6-17-13/h1-8,17-18H,9H2,(H2,19,20,21). The number of fused-ring (bicyclic) bond motifs is 2. The van der Waals surface area contributed by atoms with Gasteiger partial charge >= 0.3 is 5.69 Å². The van der Waals surface area contributed by atoms with E-state index in [1.807, 2.05) is 24.4 Å². The molecule has 0 unspecified atom stereocenters. The van der Waals surface area contributed by atoms with Crippen LogP contribution in [0.5, 0.6) is 0 Å². The summed E-state index contributed by atoms with van der Waals surface area (Å²) in [5.74, 6) is 0. The number of anilines is 1. The van der Waals surface area contributed by atoms with Crippen LogP contribution in [0.2, 0.25) is 0 Å². The topological polar surface area (TPSA) is 76.5 Å². The average Bonchev–Trinajstić information content (AvgIpc) is 3.08. The fourth-order valence-electron chi connectivity index (χ4n) is 2.56. The van der Waals surface area contributed by atoms with Crippen LogP contribution in [0.1, 0.15) is 5.56 Å². The molecule has 0 aliphatic rings. The van der Waals surface area contributed by atoms with Gasteiger partial charge in [-0.15, -0.1) is 0 Å². The van der Waals surface area contributed by atoms with Gasteiger partial charge in [-0.1, -0.05) is 6.07 Å². The first-order valence-electron chi connectivity index (χ1n) is 6.80. The van der Waals surface area contributed by atoms with Crippen LogP contribution < -0.4 is 11.0 Å². The summed E-state index contributed by atoms with van der Waals surface area (Å²) in [7, 11) is 0. The maximum atomic E-state index is 11.2. The molecule has 21 heavy (non-hydrogen) atoms. The maximum Gasteiger partial charge on any atom is 0.323 e. The molecule has 0 spiro atoms. The number of hydrogen-bond acceptors (Lipinski definition) is 2. The Morgan fingerprint density at radius 3 is 2.71 bits per heavy atom. The van der Waals surface area contributed by atoms with Crippen molar-refractivity contribution in [2.45, 2.75) is 6.54 Å². The van der Waals surface area contributed by atoms with Gasteiger partial charge < -0.3 is 20.3 Å². The minimum absolute atomic E-state index is 0.181. The van der Waals surface area contributed by atoms with E-state index in [1.54, 1.807) is 0 Å². The molecule has 5 heteroatoms. The number of benzene rings is 2. The van der Waals surface area contributed by atoms with E-state index in [2.05, 4.69) is 44.5 Å². The van der Waals surface area contributed by atoms with Crippen LogP contribution in [0.15, 0.2) is 53.5 Å². The number of imidazole rings is 1. The summed E-state index contributed by atoms with van der Waals surface area (Å²) in [6.07, 6.45) is 1.94. The van der Waals surface area contributed by atoms with E-state index in [-0.39, 0.29) is 5.69 Å². The van der Waals surface area contributed by atoms with Gasteiger partial charge in [0, 0.05) is 23.9 Å². The van der Waals surface area contributed by atoms with E-state index < -0.39 is 0 Å². The lowest BCUT2D eigenvalue weighted by Gasteiger charge is -2.07.